The van der Waals surface area contributed by atoms with E-state index in [1.54, 1.807) is 21.3 Å². The molecule has 0 unspecified atom stereocenters. The van der Waals surface area contributed by atoms with Crippen LogP contribution in [0.2, 0.25) is 0 Å². The molecule has 0 aliphatic heterocycles. The lowest BCUT2D eigenvalue weighted by molar-refractivity contribution is 0.324. The van der Waals surface area contributed by atoms with E-state index in [-0.39, 0.29) is 0 Å². The van der Waals surface area contributed by atoms with Crippen LogP contribution < -0.4 is 19.9 Å². The molecular formula is C26H43NO3. The molecule has 2 aromatic rings. The highest BCUT2D eigenvalue weighted by Crippen LogP contribution is 2.49. The van der Waals surface area contributed by atoms with Crippen molar-refractivity contribution in [2.24, 2.45) is 0 Å². The molecule has 3 rings (SSSR count). The zero-order chi connectivity index (χ0) is 23.1. The van der Waals surface area contributed by atoms with Gasteiger partial charge in [0, 0.05) is 11.3 Å². The number of methoxy groups -OCH3 is 3. The predicted molar refractivity (Wildman–Crippen MR) is 131 cm³/mol. The highest BCUT2D eigenvalue weighted by molar-refractivity contribution is 5.83. The Morgan fingerprint density at radius 2 is 1.30 bits per heavy atom. The molecule has 0 amide bonds. The molecule has 0 saturated heterocycles. The summed E-state index contributed by atoms with van der Waals surface area (Å²) in [5.41, 5.74) is 11.5. The van der Waals surface area contributed by atoms with Gasteiger partial charge in [0.15, 0.2) is 11.5 Å². The zero-order valence-electron chi connectivity index (χ0n) is 20.6. The first kappa shape index (κ1) is 27.6. The molecule has 0 radical (unpaired) electrons. The summed E-state index contributed by atoms with van der Waals surface area (Å²) < 4.78 is 16.7. The fourth-order valence-corrected chi connectivity index (χ4v) is 3.23. The molecule has 0 heterocycles. The van der Waals surface area contributed by atoms with E-state index >= 15 is 0 Å². The van der Waals surface area contributed by atoms with Gasteiger partial charge in [-0.3, -0.25) is 0 Å². The summed E-state index contributed by atoms with van der Waals surface area (Å²) in [6, 6.07) is 8.12. The first-order chi connectivity index (χ1) is 14.5. The summed E-state index contributed by atoms with van der Waals surface area (Å²) >= 11 is 0. The number of nitrogens with two attached hydrogens (primary N) is 1. The van der Waals surface area contributed by atoms with Gasteiger partial charge in [0.25, 0.3) is 0 Å². The van der Waals surface area contributed by atoms with Gasteiger partial charge in [-0.05, 0) is 54.2 Å². The second-order valence-electron chi connectivity index (χ2n) is 6.86. The summed E-state index contributed by atoms with van der Waals surface area (Å²) in [4.78, 5) is 0. The van der Waals surface area contributed by atoms with Gasteiger partial charge in [-0.15, -0.1) is 0 Å². The summed E-state index contributed by atoms with van der Waals surface area (Å²) in [7, 11) is 4.95. The van der Waals surface area contributed by atoms with Crippen molar-refractivity contribution >= 4 is 5.69 Å². The van der Waals surface area contributed by atoms with Crippen molar-refractivity contribution < 1.29 is 14.2 Å². The Bertz CT molecular complexity index is 740. The number of fused-ring (bicyclic) bond motifs is 3. The Labute approximate surface area is 184 Å². The SMILES string of the molecule is CC.CCC.CCC.COc1cc2c(c(OC)c1OC)-c1ccc(N)cc1CCC2. The van der Waals surface area contributed by atoms with Crippen molar-refractivity contribution in [3.8, 4) is 28.4 Å². The Morgan fingerprint density at radius 1 is 0.767 bits per heavy atom. The minimum absolute atomic E-state index is 0.633. The quantitative estimate of drug-likeness (QED) is 0.532. The number of nitrogen functional groups attached to an aromatic ring is 1. The molecule has 2 aromatic carbocycles. The molecule has 0 saturated carbocycles. The van der Waals surface area contributed by atoms with E-state index in [0.717, 1.165) is 36.3 Å². The van der Waals surface area contributed by atoms with Crippen LogP contribution >= 0.6 is 0 Å². The lowest BCUT2D eigenvalue weighted by Gasteiger charge is -2.19. The largest absolute Gasteiger partial charge is 0.493 e. The molecule has 170 valence electrons. The summed E-state index contributed by atoms with van der Waals surface area (Å²) in [6.45, 7) is 12.5. The highest BCUT2D eigenvalue weighted by Gasteiger charge is 2.25. The number of hydrogen-bond acceptors (Lipinski definition) is 4. The predicted octanol–water partition coefficient (Wildman–Crippen LogP) is 7.31. The fourth-order valence-electron chi connectivity index (χ4n) is 3.23. The molecule has 0 spiro atoms. The average molecular weight is 418 g/mol. The molecule has 30 heavy (non-hydrogen) atoms. The van der Waals surface area contributed by atoms with Crippen LogP contribution in [0.5, 0.6) is 17.2 Å². The molecule has 1 aliphatic carbocycles. The van der Waals surface area contributed by atoms with Gasteiger partial charge < -0.3 is 19.9 Å². The average Bonchev–Trinajstić information content (AvgIpc) is 2.93. The molecule has 4 nitrogen and oxygen atoms in total. The summed E-state index contributed by atoms with van der Waals surface area (Å²) in [6.07, 6.45) is 5.55. The van der Waals surface area contributed by atoms with Crippen molar-refractivity contribution in [3.63, 3.8) is 0 Å². The van der Waals surface area contributed by atoms with E-state index in [0.29, 0.717) is 11.5 Å². The normalized spacial score (nSPS) is 10.8. The van der Waals surface area contributed by atoms with Crippen molar-refractivity contribution in [1.29, 1.82) is 0 Å². The standard InChI is InChI=1S/C18H21NO3.2C3H8.C2H6/c1-20-15-10-12-6-4-5-11-9-13(19)7-8-14(11)16(12)18(22-3)17(15)21-2;2*1-3-2;1-2/h7-10H,4-6,19H2,1-3H3;2*3H2,1-2H3;1-2H3. The summed E-state index contributed by atoms with van der Waals surface area (Å²) in [5.74, 6) is 2.06. The molecule has 0 atom stereocenters. The van der Waals surface area contributed by atoms with Crippen LogP contribution in [0.15, 0.2) is 24.3 Å². The van der Waals surface area contributed by atoms with Gasteiger partial charge in [-0.1, -0.05) is 60.5 Å². The maximum Gasteiger partial charge on any atom is 0.203 e. The van der Waals surface area contributed by atoms with Gasteiger partial charge in [0.2, 0.25) is 5.75 Å². The Morgan fingerprint density at radius 3 is 1.80 bits per heavy atom. The molecular weight excluding hydrogens is 374 g/mol. The second-order valence-corrected chi connectivity index (χ2v) is 6.86. The van der Waals surface area contributed by atoms with Crippen LogP contribution in [0.4, 0.5) is 5.69 Å². The van der Waals surface area contributed by atoms with E-state index in [9.17, 15) is 0 Å². The van der Waals surface area contributed by atoms with Gasteiger partial charge in [0.1, 0.15) is 0 Å². The van der Waals surface area contributed by atoms with E-state index in [1.807, 2.05) is 19.9 Å². The maximum absolute atomic E-state index is 5.95. The van der Waals surface area contributed by atoms with Crippen LogP contribution in [-0.4, -0.2) is 21.3 Å². The molecule has 2 N–H and O–H groups in total. The first-order valence-electron chi connectivity index (χ1n) is 11.2. The first-order valence-corrected chi connectivity index (χ1v) is 11.2. The van der Waals surface area contributed by atoms with E-state index in [2.05, 4.69) is 45.9 Å². The van der Waals surface area contributed by atoms with Crippen molar-refractivity contribution in [3.05, 3.63) is 35.4 Å². The van der Waals surface area contributed by atoms with E-state index in [4.69, 9.17) is 19.9 Å². The second kappa shape index (κ2) is 15.5. The van der Waals surface area contributed by atoms with Crippen molar-refractivity contribution in [2.75, 3.05) is 27.1 Å². The molecule has 0 aromatic heterocycles. The highest BCUT2D eigenvalue weighted by atomic mass is 16.5. The Hall–Kier alpha value is -2.36. The van der Waals surface area contributed by atoms with Crippen LogP contribution in [0.3, 0.4) is 0 Å². The molecule has 1 aliphatic rings. The van der Waals surface area contributed by atoms with Gasteiger partial charge in [-0.2, -0.15) is 0 Å². The van der Waals surface area contributed by atoms with E-state index < -0.39 is 0 Å². The third kappa shape index (κ3) is 7.16. The van der Waals surface area contributed by atoms with Gasteiger partial charge in [0.05, 0.1) is 21.3 Å². The molecule has 4 heteroatoms. The monoisotopic (exact) mass is 417 g/mol. The van der Waals surface area contributed by atoms with E-state index in [1.165, 1.54) is 29.5 Å². The van der Waals surface area contributed by atoms with Crippen LogP contribution in [0.25, 0.3) is 11.1 Å². The zero-order valence-corrected chi connectivity index (χ0v) is 20.6. The topological polar surface area (TPSA) is 53.7 Å². The number of ether oxygens (including phenoxy) is 3. The number of benzene rings is 2. The van der Waals surface area contributed by atoms with Crippen LogP contribution in [0.1, 0.15) is 71.9 Å². The Balaban J connectivity index is 0.000000923. The minimum atomic E-state index is 0.633. The summed E-state index contributed by atoms with van der Waals surface area (Å²) in [5, 5.41) is 0. The van der Waals surface area contributed by atoms with Crippen LogP contribution in [0, 0.1) is 0 Å². The fraction of sp³-hybridized carbons (Fsp3) is 0.538. The van der Waals surface area contributed by atoms with Crippen molar-refractivity contribution in [1.82, 2.24) is 0 Å². The Kier molecular flexibility index (Phi) is 14.3. The number of rotatable bonds is 3. The van der Waals surface area contributed by atoms with Crippen LogP contribution in [-0.2, 0) is 12.8 Å². The van der Waals surface area contributed by atoms with Crippen molar-refractivity contribution in [2.45, 2.75) is 73.6 Å². The number of hydrogen-bond donors (Lipinski definition) is 1. The third-order valence-corrected chi connectivity index (χ3v) is 4.20. The lowest BCUT2D eigenvalue weighted by Crippen LogP contribution is -2.00. The molecule has 0 bridgehead atoms. The van der Waals surface area contributed by atoms with Gasteiger partial charge in [-0.25, -0.2) is 0 Å². The minimum Gasteiger partial charge on any atom is -0.493 e. The number of aryl methyl sites for hydroxylation is 2. The lowest BCUT2D eigenvalue weighted by atomic mass is 9.94. The molecule has 0 fully saturated rings. The number of anilines is 1. The van der Waals surface area contributed by atoms with Gasteiger partial charge >= 0.3 is 0 Å². The third-order valence-electron chi connectivity index (χ3n) is 4.20. The smallest absolute Gasteiger partial charge is 0.203 e. The maximum atomic E-state index is 5.95.